The van der Waals surface area contributed by atoms with Crippen molar-refractivity contribution in [2.75, 3.05) is 7.11 Å². The molecule has 0 aliphatic carbocycles. The normalized spacial score (nSPS) is 15.1. The summed E-state index contributed by atoms with van der Waals surface area (Å²) >= 11 is 0. The Morgan fingerprint density at radius 3 is 2.69 bits per heavy atom. The second-order valence-electron chi connectivity index (χ2n) is 4.23. The van der Waals surface area contributed by atoms with Gasteiger partial charge in [-0.1, -0.05) is 13.3 Å². The van der Waals surface area contributed by atoms with Crippen LogP contribution in [0.25, 0.3) is 0 Å². The second-order valence-corrected chi connectivity index (χ2v) is 4.23. The number of aromatic nitrogens is 2. The molecule has 1 aromatic heterocycles. The Hall–Kier alpha value is -0.870. The maximum absolute atomic E-state index is 10.1. The van der Waals surface area contributed by atoms with Crippen LogP contribution < -0.4 is 0 Å². The minimum absolute atomic E-state index is 0.0831. The first-order valence-electron chi connectivity index (χ1n) is 5.78. The molecule has 4 nitrogen and oxygen atoms in total. The summed E-state index contributed by atoms with van der Waals surface area (Å²) in [6.45, 7) is 4.04. The van der Waals surface area contributed by atoms with E-state index in [1.165, 1.54) is 0 Å². The van der Waals surface area contributed by atoms with E-state index < -0.39 is 6.10 Å². The summed E-state index contributed by atoms with van der Waals surface area (Å²) in [5.41, 5.74) is 2.03. The number of aliphatic hydroxyl groups excluding tert-OH is 1. The standard InChI is InChI=1S/C12H22N2O2/c1-5-6-12(16-4)11(15)8-10-7-9(2)13-14(10)3/h7,11-12,15H,5-6,8H2,1-4H3. The van der Waals surface area contributed by atoms with Gasteiger partial charge in [-0.3, -0.25) is 4.68 Å². The first-order chi connectivity index (χ1) is 7.58. The Balaban J connectivity index is 2.62. The van der Waals surface area contributed by atoms with Crippen molar-refractivity contribution in [1.29, 1.82) is 0 Å². The van der Waals surface area contributed by atoms with Crippen LogP contribution in [0, 0.1) is 6.92 Å². The molecule has 2 unspecified atom stereocenters. The van der Waals surface area contributed by atoms with Crippen LogP contribution >= 0.6 is 0 Å². The van der Waals surface area contributed by atoms with E-state index in [-0.39, 0.29) is 6.10 Å². The van der Waals surface area contributed by atoms with Crippen molar-refractivity contribution in [2.24, 2.45) is 7.05 Å². The molecule has 1 aromatic rings. The van der Waals surface area contributed by atoms with Crippen molar-refractivity contribution in [3.63, 3.8) is 0 Å². The Kier molecular flexibility index (Phi) is 4.96. The molecule has 1 N–H and O–H groups in total. The minimum atomic E-state index is -0.459. The predicted molar refractivity (Wildman–Crippen MR) is 63.4 cm³/mol. The molecular formula is C12H22N2O2. The Morgan fingerprint density at radius 2 is 2.25 bits per heavy atom. The summed E-state index contributed by atoms with van der Waals surface area (Å²) in [6, 6.07) is 2.00. The molecule has 0 spiro atoms. The predicted octanol–water partition coefficient (Wildman–Crippen LogP) is 1.45. The molecule has 0 aliphatic heterocycles. The fourth-order valence-corrected chi connectivity index (χ4v) is 1.95. The molecule has 0 amide bonds. The monoisotopic (exact) mass is 226 g/mol. The van der Waals surface area contributed by atoms with Crippen molar-refractivity contribution in [1.82, 2.24) is 9.78 Å². The van der Waals surface area contributed by atoms with Crippen molar-refractivity contribution < 1.29 is 9.84 Å². The van der Waals surface area contributed by atoms with E-state index in [2.05, 4.69) is 12.0 Å². The van der Waals surface area contributed by atoms with Gasteiger partial charge in [-0.15, -0.1) is 0 Å². The van der Waals surface area contributed by atoms with Crippen molar-refractivity contribution in [2.45, 2.75) is 45.3 Å². The Morgan fingerprint density at radius 1 is 1.56 bits per heavy atom. The van der Waals surface area contributed by atoms with Crippen molar-refractivity contribution in [3.05, 3.63) is 17.5 Å². The molecule has 0 radical (unpaired) electrons. The zero-order valence-corrected chi connectivity index (χ0v) is 10.6. The third-order valence-corrected chi connectivity index (χ3v) is 2.82. The molecule has 0 saturated heterocycles. The zero-order valence-electron chi connectivity index (χ0n) is 10.6. The summed E-state index contributed by atoms with van der Waals surface area (Å²) in [5, 5.41) is 14.3. The molecule has 0 fully saturated rings. The molecule has 0 saturated carbocycles. The van der Waals surface area contributed by atoms with Gasteiger partial charge in [-0.2, -0.15) is 5.10 Å². The van der Waals surface area contributed by atoms with Crippen LogP contribution in [0.5, 0.6) is 0 Å². The van der Waals surface area contributed by atoms with E-state index in [9.17, 15) is 5.11 Å². The average molecular weight is 226 g/mol. The van der Waals surface area contributed by atoms with Crippen LogP contribution in [0.1, 0.15) is 31.2 Å². The fourth-order valence-electron chi connectivity index (χ4n) is 1.95. The molecule has 0 aromatic carbocycles. The van der Waals surface area contributed by atoms with Gasteiger partial charge in [-0.05, 0) is 19.4 Å². The highest BCUT2D eigenvalue weighted by molar-refractivity contribution is 5.09. The number of aryl methyl sites for hydroxylation is 2. The zero-order chi connectivity index (χ0) is 12.1. The highest BCUT2D eigenvalue weighted by atomic mass is 16.5. The van der Waals surface area contributed by atoms with E-state index in [1.807, 2.05) is 24.7 Å². The van der Waals surface area contributed by atoms with Gasteiger partial charge in [0.25, 0.3) is 0 Å². The Labute approximate surface area is 97.2 Å². The summed E-state index contributed by atoms with van der Waals surface area (Å²) in [7, 11) is 3.55. The van der Waals surface area contributed by atoms with Crippen LogP contribution in [0.15, 0.2) is 6.07 Å². The van der Waals surface area contributed by atoms with Crippen LogP contribution in [0.2, 0.25) is 0 Å². The molecule has 1 heterocycles. The van der Waals surface area contributed by atoms with Crippen molar-refractivity contribution >= 4 is 0 Å². The van der Waals surface area contributed by atoms with Crippen LogP contribution in [-0.2, 0) is 18.2 Å². The topological polar surface area (TPSA) is 47.3 Å². The number of nitrogens with zero attached hydrogens (tertiary/aromatic N) is 2. The maximum Gasteiger partial charge on any atom is 0.0856 e. The first-order valence-corrected chi connectivity index (χ1v) is 5.78. The molecule has 0 bridgehead atoms. The van der Waals surface area contributed by atoms with Gasteiger partial charge in [0, 0.05) is 26.3 Å². The minimum Gasteiger partial charge on any atom is -0.390 e. The van der Waals surface area contributed by atoms with Crippen LogP contribution in [0.3, 0.4) is 0 Å². The highest BCUT2D eigenvalue weighted by Gasteiger charge is 2.19. The third-order valence-electron chi connectivity index (χ3n) is 2.82. The maximum atomic E-state index is 10.1. The smallest absolute Gasteiger partial charge is 0.0856 e. The third kappa shape index (κ3) is 3.32. The largest absolute Gasteiger partial charge is 0.390 e. The molecule has 92 valence electrons. The van der Waals surface area contributed by atoms with E-state index >= 15 is 0 Å². The molecule has 4 heteroatoms. The number of aliphatic hydroxyl groups is 1. The number of ether oxygens (including phenoxy) is 1. The summed E-state index contributed by atoms with van der Waals surface area (Å²) in [6.07, 6.45) is 1.95. The quantitative estimate of drug-likeness (QED) is 0.798. The first kappa shape index (κ1) is 13.2. The van der Waals surface area contributed by atoms with Crippen LogP contribution in [-0.4, -0.2) is 34.2 Å². The van der Waals surface area contributed by atoms with E-state index in [1.54, 1.807) is 7.11 Å². The summed E-state index contributed by atoms with van der Waals surface area (Å²) in [4.78, 5) is 0. The van der Waals surface area contributed by atoms with Gasteiger partial charge >= 0.3 is 0 Å². The van der Waals surface area contributed by atoms with E-state index in [0.717, 1.165) is 24.2 Å². The highest BCUT2D eigenvalue weighted by Crippen LogP contribution is 2.12. The van der Waals surface area contributed by atoms with Gasteiger partial charge in [0.05, 0.1) is 17.9 Å². The van der Waals surface area contributed by atoms with Gasteiger partial charge in [0.2, 0.25) is 0 Å². The number of hydrogen-bond donors (Lipinski definition) is 1. The lowest BCUT2D eigenvalue weighted by Crippen LogP contribution is -2.30. The molecular weight excluding hydrogens is 204 g/mol. The number of hydrogen-bond acceptors (Lipinski definition) is 3. The lowest BCUT2D eigenvalue weighted by atomic mass is 10.0. The van der Waals surface area contributed by atoms with Gasteiger partial charge < -0.3 is 9.84 Å². The number of methoxy groups -OCH3 is 1. The number of rotatable bonds is 6. The lowest BCUT2D eigenvalue weighted by Gasteiger charge is -2.20. The summed E-state index contributed by atoms with van der Waals surface area (Å²) < 4.78 is 7.11. The fraction of sp³-hybridized carbons (Fsp3) is 0.750. The lowest BCUT2D eigenvalue weighted by molar-refractivity contribution is -0.0166. The van der Waals surface area contributed by atoms with E-state index in [4.69, 9.17) is 4.74 Å². The average Bonchev–Trinajstić information content (AvgIpc) is 2.53. The Bertz CT molecular complexity index is 323. The van der Waals surface area contributed by atoms with Gasteiger partial charge in [-0.25, -0.2) is 0 Å². The van der Waals surface area contributed by atoms with E-state index in [0.29, 0.717) is 6.42 Å². The molecule has 2 atom stereocenters. The van der Waals surface area contributed by atoms with Gasteiger partial charge in [0.1, 0.15) is 0 Å². The SMILES string of the molecule is CCCC(OC)C(O)Cc1cc(C)nn1C. The second kappa shape index (κ2) is 6.01. The van der Waals surface area contributed by atoms with Gasteiger partial charge in [0.15, 0.2) is 0 Å². The van der Waals surface area contributed by atoms with Crippen molar-refractivity contribution in [3.8, 4) is 0 Å². The molecule has 16 heavy (non-hydrogen) atoms. The molecule has 1 rings (SSSR count). The summed E-state index contributed by atoms with van der Waals surface area (Å²) in [5.74, 6) is 0. The molecule has 0 aliphatic rings. The van der Waals surface area contributed by atoms with Crippen LogP contribution in [0.4, 0.5) is 0 Å².